The van der Waals surface area contributed by atoms with Gasteiger partial charge in [-0.1, -0.05) is 18.2 Å². The van der Waals surface area contributed by atoms with Crippen molar-refractivity contribution < 1.29 is 0 Å². The van der Waals surface area contributed by atoms with E-state index in [9.17, 15) is 0 Å². The standard InChI is InChI=1S/C14H22N2S/c1-10-3-4-12(7-11(10)2)8-14(16-15)13-5-6-17-9-13/h3-4,7,13-14,16H,5-6,8-9,15H2,1-2H3. The monoisotopic (exact) mass is 250 g/mol. The van der Waals surface area contributed by atoms with Crippen LogP contribution in [0.5, 0.6) is 0 Å². The van der Waals surface area contributed by atoms with E-state index in [1.54, 1.807) is 0 Å². The minimum absolute atomic E-state index is 0.423. The highest BCUT2D eigenvalue weighted by molar-refractivity contribution is 7.99. The maximum absolute atomic E-state index is 5.71. The molecule has 1 aromatic rings. The number of aryl methyl sites for hydroxylation is 2. The number of rotatable bonds is 4. The Kier molecular flexibility index (Phi) is 4.48. The average Bonchev–Trinajstić information content (AvgIpc) is 2.84. The van der Waals surface area contributed by atoms with Crippen LogP contribution in [0.2, 0.25) is 0 Å². The second-order valence-corrected chi connectivity index (χ2v) is 6.17. The summed E-state index contributed by atoms with van der Waals surface area (Å²) in [5.41, 5.74) is 7.15. The summed E-state index contributed by atoms with van der Waals surface area (Å²) >= 11 is 2.05. The molecule has 0 amide bonds. The molecule has 0 bridgehead atoms. The van der Waals surface area contributed by atoms with E-state index < -0.39 is 0 Å². The Hall–Kier alpha value is -0.510. The van der Waals surface area contributed by atoms with Gasteiger partial charge in [-0.15, -0.1) is 0 Å². The van der Waals surface area contributed by atoms with Crippen molar-refractivity contribution >= 4 is 11.8 Å². The van der Waals surface area contributed by atoms with Crippen LogP contribution in [0.1, 0.15) is 23.1 Å². The Morgan fingerprint density at radius 3 is 2.82 bits per heavy atom. The summed E-state index contributed by atoms with van der Waals surface area (Å²) in [6.45, 7) is 4.33. The van der Waals surface area contributed by atoms with Crippen LogP contribution in [0, 0.1) is 19.8 Å². The first-order chi connectivity index (χ1) is 8.20. The molecule has 2 atom stereocenters. The summed E-state index contributed by atoms with van der Waals surface area (Å²) in [5, 5.41) is 0. The van der Waals surface area contributed by atoms with Gasteiger partial charge in [-0.3, -0.25) is 11.3 Å². The molecule has 3 N–H and O–H groups in total. The number of hydrogen-bond acceptors (Lipinski definition) is 3. The molecule has 1 aliphatic heterocycles. The molecule has 1 fully saturated rings. The molecule has 0 spiro atoms. The van der Waals surface area contributed by atoms with Gasteiger partial charge >= 0.3 is 0 Å². The minimum atomic E-state index is 0.423. The number of nitrogens with two attached hydrogens (primary N) is 1. The van der Waals surface area contributed by atoms with Gasteiger partial charge in [-0.25, -0.2) is 0 Å². The second kappa shape index (κ2) is 5.89. The van der Waals surface area contributed by atoms with E-state index in [0.717, 1.165) is 12.3 Å². The van der Waals surface area contributed by atoms with Gasteiger partial charge in [0.2, 0.25) is 0 Å². The predicted octanol–water partition coefficient (Wildman–Crippen LogP) is 2.43. The van der Waals surface area contributed by atoms with Crippen LogP contribution in [0.15, 0.2) is 18.2 Å². The molecule has 2 nitrogen and oxygen atoms in total. The van der Waals surface area contributed by atoms with E-state index in [4.69, 9.17) is 5.84 Å². The van der Waals surface area contributed by atoms with Crippen LogP contribution in [0.25, 0.3) is 0 Å². The maximum atomic E-state index is 5.71. The largest absolute Gasteiger partial charge is 0.271 e. The van der Waals surface area contributed by atoms with E-state index in [1.165, 1.54) is 34.6 Å². The molecule has 1 aromatic carbocycles. The van der Waals surface area contributed by atoms with Gasteiger partial charge in [0, 0.05) is 6.04 Å². The van der Waals surface area contributed by atoms with Crippen molar-refractivity contribution in [2.24, 2.45) is 11.8 Å². The number of thioether (sulfide) groups is 1. The number of hydrazine groups is 1. The zero-order chi connectivity index (χ0) is 12.3. The van der Waals surface area contributed by atoms with Gasteiger partial charge in [0.25, 0.3) is 0 Å². The van der Waals surface area contributed by atoms with E-state index >= 15 is 0 Å². The van der Waals surface area contributed by atoms with Crippen molar-refractivity contribution in [1.82, 2.24) is 5.43 Å². The lowest BCUT2D eigenvalue weighted by atomic mass is 9.92. The fourth-order valence-corrected chi connectivity index (χ4v) is 3.75. The maximum Gasteiger partial charge on any atom is 0.0287 e. The second-order valence-electron chi connectivity index (χ2n) is 5.02. The highest BCUT2D eigenvalue weighted by Crippen LogP contribution is 2.27. The van der Waals surface area contributed by atoms with Gasteiger partial charge in [0.15, 0.2) is 0 Å². The molecule has 0 aliphatic carbocycles. The molecule has 1 aliphatic rings. The Morgan fingerprint density at radius 1 is 1.41 bits per heavy atom. The highest BCUT2D eigenvalue weighted by Gasteiger charge is 2.24. The molecule has 1 heterocycles. The van der Waals surface area contributed by atoms with Crippen LogP contribution in [-0.2, 0) is 6.42 Å². The van der Waals surface area contributed by atoms with Crippen LogP contribution < -0.4 is 11.3 Å². The molecule has 0 saturated carbocycles. The molecule has 2 rings (SSSR count). The third-order valence-electron chi connectivity index (χ3n) is 3.77. The Bertz CT molecular complexity index is 372. The first-order valence-corrected chi connectivity index (χ1v) is 7.46. The fraction of sp³-hybridized carbons (Fsp3) is 0.571. The third-order valence-corrected chi connectivity index (χ3v) is 4.96. The molecule has 3 heteroatoms. The van der Waals surface area contributed by atoms with Crippen molar-refractivity contribution in [3.8, 4) is 0 Å². The molecule has 17 heavy (non-hydrogen) atoms. The molecule has 0 radical (unpaired) electrons. The fourth-order valence-electron chi connectivity index (χ4n) is 2.42. The first kappa shape index (κ1) is 12.9. The van der Waals surface area contributed by atoms with Crippen LogP contribution in [-0.4, -0.2) is 17.5 Å². The number of benzene rings is 1. The van der Waals surface area contributed by atoms with E-state index in [1.807, 2.05) is 11.8 Å². The average molecular weight is 250 g/mol. The minimum Gasteiger partial charge on any atom is -0.271 e. The van der Waals surface area contributed by atoms with Gasteiger partial charge in [-0.05, 0) is 60.8 Å². The summed E-state index contributed by atoms with van der Waals surface area (Å²) in [6, 6.07) is 7.16. The SMILES string of the molecule is Cc1ccc(CC(NN)C2CCSC2)cc1C. The molecule has 1 saturated heterocycles. The van der Waals surface area contributed by atoms with E-state index in [2.05, 4.69) is 37.5 Å². The first-order valence-electron chi connectivity index (χ1n) is 6.30. The normalized spacial score (nSPS) is 21.7. The lowest BCUT2D eigenvalue weighted by molar-refractivity contribution is 0.386. The van der Waals surface area contributed by atoms with E-state index in [-0.39, 0.29) is 0 Å². The van der Waals surface area contributed by atoms with Crippen molar-refractivity contribution in [3.05, 3.63) is 34.9 Å². The predicted molar refractivity (Wildman–Crippen MR) is 76.2 cm³/mol. The number of hydrogen-bond donors (Lipinski definition) is 2. The van der Waals surface area contributed by atoms with Crippen LogP contribution in [0.3, 0.4) is 0 Å². The molecular formula is C14H22N2S. The molecule has 94 valence electrons. The van der Waals surface area contributed by atoms with Crippen LogP contribution in [0.4, 0.5) is 0 Å². The third kappa shape index (κ3) is 3.24. The van der Waals surface area contributed by atoms with Gasteiger partial charge < -0.3 is 0 Å². The van der Waals surface area contributed by atoms with Gasteiger partial charge in [-0.2, -0.15) is 11.8 Å². The lowest BCUT2D eigenvalue weighted by Gasteiger charge is -2.22. The van der Waals surface area contributed by atoms with Crippen molar-refractivity contribution in [2.45, 2.75) is 32.7 Å². The summed E-state index contributed by atoms with van der Waals surface area (Å²) in [5.74, 6) is 8.97. The Morgan fingerprint density at radius 2 is 2.24 bits per heavy atom. The van der Waals surface area contributed by atoms with Crippen molar-refractivity contribution in [2.75, 3.05) is 11.5 Å². The zero-order valence-electron chi connectivity index (χ0n) is 10.7. The van der Waals surface area contributed by atoms with Crippen molar-refractivity contribution in [1.29, 1.82) is 0 Å². The summed E-state index contributed by atoms with van der Waals surface area (Å²) in [7, 11) is 0. The van der Waals surface area contributed by atoms with Crippen LogP contribution >= 0.6 is 11.8 Å². The summed E-state index contributed by atoms with van der Waals surface area (Å²) < 4.78 is 0. The highest BCUT2D eigenvalue weighted by atomic mass is 32.2. The van der Waals surface area contributed by atoms with Gasteiger partial charge in [0.1, 0.15) is 0 Å². The van der Waals surface area contributed by atoms with Crippen molar-refractivity contribution in [3.63, 3.8) is 0 Å². The van der Waals surface area contributed by atoms with E-state index in [0.29, 0.717) is 6.04 Å². The smallest absolute Gasteiger partial charge is 0.0287 e. The van der Waals surface area contributed by atoms with Gasteiger partial charge in [0.05, 0.1) is 0 Å². The molecular weight excluding hydrogens is 228 g/mol. The Labute approximate surface area is 108 Å². The molecule has 0 aromatic heterocycles. The lowest BCUT2D eigenvalue weighted by Crippen LogP contribution is -2.42. The topological polar surface area (TPSA) is 38.0 Å². The summed E-state index contributed by atoms with van der Waals surface area (Å²) in [6.07, 6.45) is 2.34. The number of nitrogens with one attached hydrogen (secondary N) is 1. The summed E-state index contributed by atoms with van der Waals surface area (Å²) in [4.78, 5) is 0. The quantitative estimate of drug-likeness (QED) is 0.637. The molecule has 2 unspecified atom stereocenters. The Balaban J connectivity index is 2.04. The zero-order valence-corrected chi connectivity index (χ0v) is 11.5.